The van der Waals surface area contributed by atoms with Crippen molar-refractivity contribution in [1.29, 1.82) is 0 Å². The van der Waals surface area contributed by atoms with Gasteiger partial charge < -0.3 is 9.84 Å². The molecule has 2 heterocycles. The second-order valence-electron chi connectivity index (χ2n) is 4.09. The summed E-state index contributed by atoms with van der Waals surface area (Å²) in [6.45, 7) is 1.27. The number of pyridine rings is 1. The van der Waals surface area contributed by atoms with Crippen molar-refractivity contribution in [2.75, 3.05) is 0 Å². The van der Waals surface area contributed by atoms with Crippen molar-refractivity contribution < 1.29 is 23.0 Å². The topological polar surface area (TPSA) is 42.4 Å². The predicted octanol–water partition coefficient (Wildman–Crippen LogP) is 2.92. The Kier molecular flexibility index (Phi) is 2.84. The van der Waals surface area contributed by atoms with Crippen LogP contribution in [0.2, 0.25) is 5.15 Å². The zero-order valence-electron chi connectivity index (χ0n) is 8.75. The summed E-state index contributed by atoms with van der Waals surface area (Å²) in [6.07, 6.45) is -5.76. The molecule has 1 aromatic rings. The van der Waals surface area contributed by atoms with E-state index >= 15 is 0 Å². The smallest absolute Gasteiger partial charge is 0.364 e. The minimum absolute atomic E-state index is 0.0647. The first-order chi connectivity index (χ1) is 7.71. The van der Waals surface area contributed by atoms with Crippen molar-refractivity contribution in [3.63, 3.8) is 0 Å². The van der Waals surface area contributed by atoms with Gasteiger partial charge in [0.2, 0.25) is 0 Å². The average Bonchev–Trinajstić information content (AvgIpc) is 2.35. The third-order valence-corrected chi connectivity index (χ3v) is 2.85. The van der Waals surface area contributed by atoms with Crippen molar-refractivity contribution in [3.8, 4) is 0 Å². The SMILES string of the molecule is CC1(CC(F)(F)F)OC(O)c2cnc(Cl)cc21. The highest BCUT2D eigenvalue weighted by Crippen LogP contribution is 2.47. The fourth-order valence-electron chi connectivity index (χ4n) is 1.99. The molecule has 0 spiro atoms. The molecule has 0 saturated heterocycles. The van der Waals surface area contributed by atoms with E-state index in [0.717, 1.165) is 0 Å². The lowest BCUT2D eigenvalue weighted by Gasteiger charge is -2.26. The van der Waals surface area contributed by atoms with Gasteiger partial charge in [0.25, 0.3) is 0 Å². The van der Waals surface area contributed by atoms with Crippen LogP contribution in [0, 0.1) is 0 Å². The van der Waals surface area contributed by atoms with Crippen LogP contribution in [0.25, 0.3) is 0 Å². The van der Waals surface area contributed by atoms with E-state index in [4.69, 9.17) is 16.3 Å². The number of halogens is 4. The molecule has 17 heavy (non-hydrogen) atoms. The second kappa shape index (κ2) is 3.83. The standard InChI is InChI=1S/C10H9ClF3NO2/c1-9(4-10(12,13)14)6-2-7(11)15-3-5(6)8(16)17-9/h2-3,8,16H,4H2,1H3. The van der Waals surface area contributed by atoms with Crippen molar-refractivity contribution in [1.82, 2.24) is 4.98 Å². The van der Waals surface area contributed by atoms with E-state index in [9.17, 15) is 18.3 Å². The number of alkyl halides is 3. The van der Waals surface area contributed by atoms with E-state index in [1.54, 1.807) is 0 Å². The summed E-state index contributed by atoms with van der Waals surface area (Å²) in [4.78, 5) is 3.71. The Morgan fingerprint density at radius 2 is 2.24 bits per heavy atom. The van der Waals surface area contributed by atoms with E-state index in [1.165, 1.54) is 19.2 Å². The molecule has 94 valence electrons. The maximum Gasteiger partial charge on any atom is 0.392 e. The Hall–Kier alpha value is -0.850. The molecule has 2 atom stereocenters. The molecule has 0 saturated carbocycles. The third-order valence-electron chi connectivity index (χ3n) is 2.65. The molecule has 3 nitrogen and oxygen atoms in total. The van der Waals surface area contributed by atoms with Gasteiger partial charge in [0.05, 0.1) is 6.42 Å². The van der Waals surface area contributed by atoms with Gasteiger partial charge in [-0.1, -0.05) is 11.6 Å². The third kappa shape index (κ3) is 2.38. The van der Waals surface area contributed by atoms with Crippen molar-refractivity contribution in [3.05, 3.63) is 28.5 Å². The number of rotatable bonds is 1. The molecule has 1 aliphatic heterocycles. The number of hydrogen-bond donors (Lipinski definition) is 1. The Morgan fingerprint density at radius 3 is 2.82 bits per heavy atom. The molecule has 7 heteroatoms. The molecule has 0 bridgehead atoms. The average molecular weight is 268 g/mol. The van der Waals surface area contributed by atoms with Crippen LogP contribution in [0.5, 0.6) is 0 Å². The van der Waals surface area contributed by atoms with Gasteiger partial charge in [-0.3, -0.25) is 0 Å². The van der Waals surface area contributed by atoms with Gasteiger partial charge in [-0.15, -0.1) is 0 Å². The van der Waals surface area contributed by atoms with Gasteiger partial charge in [-0.05, 0) is 18.6 Å². The summed E-state index contributed by atoms with van der Waals surface area (Å²) >= 11 is 5.64. The zero-order chi connectivity index (χ0) is 12.8. The quantitative estimate of drug-likeness (QED) is 0.796. The maximum atomic E-state index is 12.5. The predicted molar refractivity (Wildman–Crippen MR) is 53.3 cm³/mol. The fraction of sp³-hybridized carbons (Fsp3) is 0.500. The molecule has 0 radical (unpaired) electrons. The largest absolute Gasteiger partial charge is 0.392 e. The lowest BCUT2D eigenvalue weighted by atomic mass is 9.92. The summed E-state index contributed by atoms with van der Waals surface area (Å²) < 4.78 is 42.4. The molecule has 1 aliphatic rings. The molecular weight excluding hydrogens is 259 g/mol. The summed E-state index contributed by atoms with van der Waals surface area (Å²) in [7, 11) is 0. The molecule has 0 amide bonds. The molecule has 0 aromatic carbocycles. The van der Waals surface area contributed by atoms with Gasteiger partial charge >= 0.3 is 6.18 Å². The fourth-order valence-corrected chi connectivity index (χ4v) is 2.15. The minimum atomic E-state index is -4.40. The number of nitrogens with zero attached hydrogens (tertiary/aromatic N) is 1. The highest BCUT2D eigenvalue weighted by molar-refractivity contribution is 6.29. The van der Waals surface area contributed by atoms with Crippen LogP contribution < -0.4 is 0 Å². The number of hydrogen-bond acceptors (Lipinski definition) is 3. The van der Waals surface area contributed by atoms with Crippen LogP contribution >= 0.6 is 11.6 Å². The van der Waals surface area contributed by atoms with Crippen LogP contribution in [0.15, 0.2) is 12.3 Å². The van der Waals surface area contributed by atoms with Crippen molar-refractivity contribution in [2.24, 2.45) is 0 Å². The van der Waals surface area contributed by atoms with Crippen LogP contribution in [0.1, 0.15) is 30.8 Å². The molecule has 2 unspecified atom stereocenters. The van der Waals surface area contributed by atoms with E-state index in [1.807, 2.05) is 0 Å². The maximum absolute atomic E-state index is 12.5. The van der Waals surface area contributed by atoms with Gasteiger partial charge in [-0.25, -0.2) is 4.98 Å². The Balaban J connectivity index is 2.44. The molecular formula is C10H9ClF3NO2. The first kappa shape index (κ1) is 12.6. The lowest BCUT2D eigenvalue weighted by molar-refractivity contribution is -0.223. The number of aromatic nitrogens is 1. The molecule has 1 N–H and O–H groups in total. The van der Waals surface area contributed by atoms with Gasteiger partial charge in [-0.2, -0.15) is 13.2 Å². The summed E-state index contributed by atoms with van der Waals surface area (Å²) in [5.41, 5.74) is -1.18. The Bertz CT molecular complexity index is 452. The summed E-state index contributed by atoms with van der Waals surface area (Å²) in [5.74, 6) is 0. The van der Waals surface area contributed by atoms with E-state index < -0.39 is 24.5 Å². The van der Waals surface area contributed by atoms with Crippen LogP contribution in [0.3, 0.4) is 0 Å². The highest BCUT2D eigenvalue weighted by atomic mass is 35.5. The van der Waals surface area contributed by atoms with Crippen molar-refractivity contribution >= 4 is 11.6 Å². The second-order valence-corrected chi connectivity index (χ2v) is 4.47. The Labute approximate surface area is 100 Å². The van der Waals surface area contributed by atoms with Gasteiger partial charge in [0.1, 0.15) is 10.8 Å². The van der Waals surface area contributed by atoms with Crippen molar-refractivity contribution in [2.45, 2.75) is 31.4 Å². The van der Waals surface area contributed by atoms with E-state index in [2.05, 4.69) is 4.98 Å². The summed E-state index contributed by atoms with van der Waals surface area (Å²) in [5, 5.41) is 9.60. The van der Waals surface area contributed by atoms with Crippen LogP contribution in [-0.2, 0) is 10.3 Å². The number of fused-ring (bicyclic) bond motifs is 1. The molecule has 0 fully saturated rings. The Morgan fingerprint density at radius 1 is 1.59 bits per heavy atom. The first-order valence-electron chi connectivity index (χ1n) is 4.80. The number of aliphatic hydroxyl groups is 1. The van der Waals surface area contributed by atoms with Crippen LogP contribution in [0.4, 0.5) is 13.2 Å². The van der Waals surface area contributed by atoms with Crippen LogP contribution in [-0.4, -0.2) is 16.3 Å². The zero-order valence-corrected chi connectivity index (χ0v) is 9.51. The van der Waals surface area contributed by atoms with Gasteiger partial charge in [0.15, 0.2) is 6.29 Å². The van der Waals surface area contributed by atoms with E-state index in [0.29, 0.717) is 0 Å². The highest BCUT2D eigenvalue weighted by Gasteiger charge is 2.48. The number of aliphatic hydroxyl groups excluding tert-OH is 1. The molecule has 1 aromatic heterocycles. The van der Waals surface area contributed by atoms with E-state index in [-0.39, 0.29) is 16.3 Å². The first-order valence-corrected chi connectivity index (χ1v) is 5.18. The van der Waals surface area contributed by atoms with Gasteiger partial charge in [0, 0.05) is 11.8 Å². The molecule has 0 aliphatic carbocycles. The monoisotopic (exact) mass is 267 g/mol. The summed E-state index contributed by atoms with van der Waals surface area (Å²) in [6, 6.07) is 1.29. The minimum Gasteiger partial charge on any atom is -0.364 e. The normalized spacial score (nSPS) is 28.2. The number of ether oxygens (including phenoxy) is 1. The molecule has 2 rings (SSSR count). The lowest BCUT2D eigenvalue weighted by Crippen LogP contribution is -2.29.